The van der Waals surface area contributed by atoms with Crippen molar-refractivity contribution in [2.75, 3.05) is 24.4 Å². The summed E-state index contributed by atoms with van der Waals surface area (Å²) in [7, 11) is 1.62. The van der Waals surface area contributed by atoms with E-state index in [0.717, 1.165) is 16.1 Å². The van der Waals surface area contributed by atoms with Crippen LogP contribution in [0.4, 0.5) is 5.69 Å². The Morgan fingerprint density at radius 1 is 1.28 bits per heavy atom. The van der Waals surface area contributed by atoms with Crippen LogP contribution in [0.25, 0.3) is 0 Å². The summed E-state index contributed by atoms with van der Waals surface area (Å²) in [5.41, 5.74) is 8.36. The lowest BCUT2D eigenvalue weighted by molar-refractivity contribution is -0.119. The van der Waals surface area contributed by atoms with E-state index < -0.39 is 6.04 Å². The highest BCUT2D eigenvalue weighted by Gasteiger charge is 2.29. The number of nitrogens with zero attached hydrogens (tertiary/aromatic N) is 1. The number of anilines is 1. The van der Waals surface area contributed by atoms with E-state index in [1.165, 1.54) is 0 Å². The summed E-state index contributed by atoms with van der Waals surface area (Å²) in [6, 6.07) is 12.3. The van der Waals surface area contributed by atoms with Gasteiger partial charge < -0.3 is 15.4 Å². The molecule has 2 aromatic rings. The normalized spacial score (nSPS) is 16.0. The smallest absolute Gasteiger partial charge is 0.245 e. The molecule has 156 valence electrons. The Kier molecular flexibility index (Phi) is 8.99. The molecule has 5 nitrogen and oxygen atoms in total. The van der Waals surface area contributed by atoms with E-state index in [2.05, 4.69) is 0 Å². The van der Waals surface area contributed by atoms with Crippen molar-refractivity contribution in [3.8, 4) is 0 Å². The van der Waals surface area contributed by atoms with E-state index in [-0.39, 0.29) is 24.1 Å². The van der Waals surface area contributed by atoms with Crippen LogP contribution in [0.3, 0.4) is 0 Å². The third kappa shape index (κ3) is 5.96. The maximum Gasteiger partial charge on any atom is 0.245 e. The van der Waals surface area contributed by atoms with Gasteiger partial charge in [0.1, 0.15) is 0 Å². The second-order valence-corrected chi connectivity index (χ2v) is 8.17. The zero-order valence-electron chi connectivity index (χ0n) is 16.1. The molecule has 8 heteroatoms. The van der Waals surface area contributed by atoms with Crippen LogP contribution in [0.2, 0.25) is 5.02 Å². The number of Topliss-reactive ketones (excluding diaryl/α,β-unsaturated/α-hetero) is 1. The quantitative estimate of drug-likeness (QED) is 0.497. The highest BCUT2D eigenvalue weighted by Crippen LogP contribution is 2.36. The number of hydrogen-bond donors (Lipinski definition) is 1. The second kappa shape index (κ2) is 11.0. The Morgan fingerprint density at radius 2 is 2.00 bits per heavy atom. The number of methoxy groups -OCH3 is 1. The molecule has 0 aliphatic carbocycles. The van der Waals surface area contributed by atoms with E-state index in [0.29, 0.717) is 42.3 Å². The predicted molar refractivity (Wildman–Crippen MR) is 120 cm³/mol. The Hall–Kier alpha value is -1.57. The molecule has 1 aliphatic heterocycles. The van der Waals surface area contributed by atoms with E-state index >= 15 is 0 Å². The number of ether oxygens (including phenoxy) is 1. The lowest BCUT2D eigenvalue weighted by Crippen LogP contribution is -2.44. The van der Waals surface area contributed by atoms with E-state index in [9.17, 15) is 9.59 Å². The summed E-state index contributed by atoms with van der Waals surface area (Å²) in [6.45, 7) is 0.918. The molecular formula is C21H24Cl2N2O3S. The molecule has 2 N–H and O–H groups in total. The third-order valence-electron chi connectivity index (χ3n) is 4.58. The fourth-order valence-electron chi connectivity index (χ4n) is 3.05. The van der Waals surface area contributed by atoms with Crippen LogP contribution in [-0.2, 0) is 16.1 Å². The predicted octanol–water partition coefficient (Wildman–Crippen LogP) is 4.34. The van der Waals surface area contributed by atoms with Gasteiger partial charge in [-0.2, -0.15) is 0 Å². The largest absolute Gasteiger partial charge is 0.385 e. The SMILES string of the molecule is COCCCC(=O)c1ccc2c(c1)N(Cc1ccc(Cl)cc1)C(=O)[C@@H](N)CS2.Cl. The molecule has 0 bridgehead atoms. The first-order chi connectivity index (χ1) is 13.5. The number of fused-ring (bicyclic) bond motifs is 1. The van der Waals surface area contributed by atoms with Crippen LogP contribution in [-0.4, -0.2) is 37.2 Å². The molecule has 0 radical (unpaired) electrons. The number of thioether (sulfide) groups is 1. The van der Waals surface area contributed by atoms with Crippen molar-refractivity contribution < 1.29 is 14.3 Å². The number of ketones is 1. The lowest BCUT2D eigenvalue weighted by Gasteiger charge is -2.25. The summed E-state index contributed by atoms with van der Waals surface area (Å²) < 4.78 is 5.02. The Bertz CT molecular complexity index is 862. The Morgan fingerprint density at radius 3 is 2.69 bits per heavy atom. The molecule has 2 aromatic carbocycles. The summed E-state index contributed by atoms with van der Waals surface area (Å²) >= 11 is 7.51. The van der Waals surface area contributed by atoms with Gasteiger partial charge in [-0.3, -0.25) is 9.59 Å². The van der Waals surface area contributed by atoms with Crippen LogP contribution in [0.1, 0.15) is 28.8 Å². The number of nitrogens with two attached hydrogens (primary N) is 1. The van der Waals surface area contributed by atoms with Crippen molar-refractivity contribution >= 4 is 53.1 Å². The van der Waals surface area contributed by atoms with Crippen LogP contribution >= 0.6 is 35.8 Å². The average molecular weight is 455 g/mol. The molecule has 0 unspecified atom stereocenters. The average Bonchev–Trinajstić information content (AvgIpc) is 2.81. The summed E-state index contributed by atoms with van der Waals surface area (Å²) in [6.07, 6.45) is 1.07. The minimum atomic E-state index is -0.592. The van der Waals surface area contributed by atoms with Crippen molar-refractivity contribution in [3.05, 3.63) is 58.6 Å². The molecule has 1 heterocycles. The van der Waals surface area contributed by atoms with E-state index in [1.54, 1.807) is 35.9 Å². The Labute approximate surface area is 186 Å². The van der Waals surface area contributed by atoms with Crippen molar-refractivity contribution in [2.45, 2.75) is 30.3 Å². The minimum absolute atomic E-state index is 0. The van der Waals surface area contributed by atoms with Gasteiger partial charge in [-0.25, -0.2) is 0 Å². The number of benzene rings is 2. The van der Waals surface area contributed by atoms with Gasteiger partial charge in [0.15, 0.2) is 5.78 Å². The first-order valence-electron chi connectivity index (χ1n) is 9.10. The van der Waals surface area contributed by atoms with E-state index in [4.69, 9.17) is 22.1 Å². The summed E-state index contributed by atoms with van der Waals surface area (Å²) in [5, 5.41) is 0.641. The molecule has 1 aliphatic rings. The molecule has 0 saturated heterocycles. The zero-order valence-corrected chi connectivity index (χ0v) is 18.5. The van der Waals surface area contributed by atoms with Gasteiger partial charge >= 0.3 is 0 Å². The number of hydrogen-bond acceptors (Lipinski definition) is 5. The molecular weight excluding hydrogens is 431 g/mol. The maximum atomic E-state index is 12.9. The standard InChI is InChI=1S/C21H23ClN2O3S.ClH/c1-27-10-2-3-19(25)15-6-9-20-18(11-15)24(21(26)17(23)13-28-20)12-14-4-7-16(22)8-5-14;/h4-9,11,17H,2-3,10,12-13,23H2,1H3;1H/t17-;/m0./s1. The number of carbonyl (C=O) groups is 2. The van der Waals surface area contributed by atoms with E-state index in [1.807, 2.05) is 30.3 Å². The number of carbonyl (C=O) groups excluding carboxylic acids is 2. The third-order valence-corrected chi connectivity index (χ3v) is 6.01. The van der Waals surface area contributed by atoms with Gasteiger partial charge in [0.2, 0.25) is 5.91 Å². The van der Waals surface area contributed by atoms with Gasteiger partial charge in [0, 0.05) is 41.4 Å². The number of amides is 1. The monoisotopic (exact) mass is 454 g/mol. The maximum absolute atomic E-state index is 12.9. The van der Waals surface area contributed by atoms with Crippen molar-refractivity contribution in [2.24, 2.45) is 5.73 Å². The molecule has 1 amide bonds. The first-order valence-corrected chi connectivity index (χ1v) is 10.5. The number of rotatable bonds is 7. The first kappa shape index (κ1) is 23.7. The van der Waals surface area contributed by atoms with Crippen LogP contribution in [0.5, 0.6) is 0 Å². The molecule has 29 heavy (non-hydrogen) atoms. The highest BCUT2D eigenvalue weighted by molar-refractivity contribution is 7.99. The zero-order chi connectivity index (χ0) is 20.1. The van der Waals surface area contributed by atoms with Gasteiger partial charge in [-0.05, 0) is 36.2 Å². The van der Waals surface area contributed by atoms with Crippen LogP contribution in [0.15, 0.2) is 47.4 Å². The minimum Gasteiger partial charge on any atom is -0.385 e. The molecule has 0 aromatic heterocycles. The fourth-order valence-corrected chi connectivity index (χ4v) is 4.16. The molecule has 1 atom stereocenters. The van der Waals surface area contributed by atoms with Gasteiger partial charge in [-0.15, -0.1) is 24.2 Å². The van der Waals surface area contributed by atoms with Crippen molar-refractivity contribution in [1.82, 2.24) is 0 Å². The molecule has 0 spiro atoms. The number of halogens is 2. The summed E-state index contributed by atoms with van der Waals surface area (Å²) in [4.78, 5) is 28.1. The van der Waals surface area contributed by atoms with Gasteiger partial charge in [0.25, 0.3) is 0 Å². The highest BCUT2D eigenvalue weighted by atomic mass is 35.5. The molecule has 0 fully saturated rings. The molecule has 3 rings (SSSR count). The topological polar surface area (TPSA) is 72.6 Å². The lowest BCUT2D eigenvalue weighted by atomic mass is 10.0. The van der Waals surface area contributed by atoms with Gasteiger partial charge in [0.05, 0.1) is 18.3 Å². The van der Waals surface area contributed by atoms with Crippen LogP contribution < -0.4 is 10.6 Å². The van der Waals surface area contributed by atoms with Crippen molar-refractivity contribution in [1.29, 1.82) is 0 Å². The summed E-state index contributed by atoms with van der Waals surface area (Å²) in [5.74, 6) is 0.395. The Balaban J connectivity index is 0.00000300. The second-order valence-electron chi connectivity index (χ2n) is 6.67. The molecule has 0 saturated carbocycles. The van der Waals surface area contributed by atoms with Gasteiger partial charge in [-0.1, -0.05) is 29.8 Å². The van der Waals surface area contributed by atoms with Crippen molar-refractivity contribution in [3.63, 3.8) is 0 Å². The van der Waals surface area contributed by atoms with Crippen LogP contribution in [0, 0.1) is 0 Å². The fraction of sp³-hybridized carbons (Fsp3) is 0.333.